The summed E-state index contributed by atoms with van der Waals surface area (Å²) in [6.45, 7) is 9.32. The molecule has 0 fully saturated rings. The molecule has 1 heterocycles. The third kappa shape index (κ3) is 6.21. The molecule has 160 valence electrons. The van der Waals surface area contributed by atoms with E-state index in [1.54, 1.807) is 33.0 Å². The van der Waals surface area contributed by atoms with Crippen molar-refractivity contribution in [3.63, 3.8) is 0 Å². The number of anilines is 1. The van der Waals surface area contributed by atoms with E-state index in [0.29, 0.717) is 16.6 Å². The molecule has 0 saturated heterocycles. The number of thiazole rings is 1. The van der Waals surface area contributed by atoms with Gasteiger partial charge in [-0.1, -0.05) is 17.7 Å². The van der Waals surface area contributed by atoms with E-state index in [1.165, 1.54) is 28.4 Å². The molecular weight excluding hydrogens is 437 g/mol. The molecule has 1 aromatic carbocycles. The van der Waals surface area contributed by atoms with Gasteiger partial charge in [-0.3, -0.25) is 0 Å². The molecule has 2 N–H and O–H groups in total. The Hall–Kier alpha value is -1.55. The number of benzene rings is 1. The molecule has 0 aliphatic rings. The molecule has 0 radical (unpaired) electrons. The molecule has 6 nitrogen and oxygen atoms in total. The number of hydrogen-bond donors (Lipinski definition) is 2. The topological polar surface area (TPSA) is 82.5 Å². The lowest BCUT2D eigenvalue weighted by molar-refractivity contribution is 0.195. The van der Waals surface area contributed by atoms with Crippen molar-refractivity contribution < 1.29 is 18.5 Å². The Labute approximate surface area is 181 Å². The fourth-order valence-corrected chi connectivity index (χ4v) is 4.98. The van der Waals surface area contributed by atoms with Crippen molar-refractivity contribution in [2.45, 2.75) is 57.9 Å². The first-order valence-electron chi connectivity index (χ1n) is 8.88. The zero-order chi connectivity index (χ0) is 22.0. The zero-order valence-corrected chi connectivity index (χ0v) is 19.3. The van der Waals surface area contributed by atoms with Gasteiger partial charge in [-0.2, -0.15) is 0 Å². The second kappa shape index (κ2) is 9.07. The number of aromatic nitrogens is 1. The Bertz CT molecular complexity index is 912. The predicted octanol–water partition coefficient (Wildman–Crippen LogP) is 4.99. The summed E-state index contributed by atoms with van der Waals surface area (Å²) in [6.07, 6.45) is 0.902. The van der Waals surface area contributed by atoms with Crippen molar-refractivity contribution in [2.75, 3.05) is 4.90 Å². The van der Waals surface area contributed by atoms with Crippen molar-refractivity contribution >= 4 is 45.1 Å². The van der Waals surface area contributed by atoms with Crippen molar-refractivity contribution in [1.29, 1.82) is 0 Å². The summed E-state index contributed by atoms with van der Waals surface area (Å²) in [6, 6.07) is 4.17. The molecule has 0 spiro atoms. The number of hydrogen-bond acceptors (Lipinski definition) is 4. The molecular formula is C19H25ClFN3O3S2. The van der Waals surface area contributed by atoms with E-state index in [9.17, 15) is 18.5 Å². The fraction of sp³-hybridized carbons (Fsp3) is 0.474. The largest absolute Gasteiger partial charge is 0.465 e. The van der Waals surface area contributed by atoms with Crippen molar-refractivity contribution in [3.05, 3.63) is 45.7 Å². The number of nitrogens with one attached hydrogen (secondary N) is 1. The third-order valence-electron chi connectivity index (χ3n) is 4.11. The molecule has 1 atom stereocenters. The summed E-state index contributed by atoms with van der Waals surface area (Å²) >= 11 is 7.32. The van der Waals surface area contributed by atoms with Gasteiger partial charge in [0.25, 0.3) is 0 Å². The molecule has 29 heavy (non-hydrogen) atoms. The maximum atomic E-state index is 13.2. The van der Waals surface area contributed by atoms with Crippen LogP contribution in [0.25, 0.3) is 0 Å². The lowest BCUT2D eigenvalue weighted by atomic mass is 10.0. The van der Waals surface area contributed by atoms with Gasteiger partial charge in [0.05, 0.1) is 15.7 Å². The van der Waals surface area contributed by atoms with E-state index in [1.807, 2.05) is 13.8 Å². The summed E-state index contributed by atoms with van der Waals surface area (Å²) < 4.78 is 28.3. The summed E-state index contributed by atoms with van der Waals surface area (Å²) in [5, 5.41) is 10.1. The highest BCUT2D eigenvalue weighted by atomic mass is 35.5. The van der Waals surface area contributed by atoms with Gasteiger partial charge in [0.1, 0.15) is 5.82 Å². The maximum absolute atomic E-state index is 13.2. The molecule has 10 heteroatoms. The summed E-state index contributed by atoms with van der Waals surface area (Å²) in [5.41, 5.74) is 0.0868. The smallest absolute Gasteiger partial charge is 0.414 e. The van der Waals surface area contributed by atoms with Crippen molar-refractivity contribution in [3.8, 4) is 0 Å². The first-order valence-corrected chi connectivity index (χ1v) is 11.2. The highest BCUT2D eigenvalue weighted by molar-refractivity contribution is 7.84. The Kier molecular flexibility index (Phi) is 7.42. The number of rotatable bonds is 7. The van der Waals surface area contributed by atoms with Gasteiger partial charge >= 0.3 is 6.09 Å². The highest BCUT2D eigenvalue weighted by Crippen LogP contribution is 2.29. The fourth-order valence-electron chi connectivity index (χ4n) is 2.66. The van der Waals surface area contributed by atoms with Gasteiger partial charge in [-0.25, -0.2) is 28.0 Å². The zero-order valence-electron chi connectivity index (χ0n) is 17.0. The maximum Gasteiger partial charge on any atom is 0.414 e. The number of halogens is 2. The average Bonchev–Trinajstić information content (AvgIpc) is 3.01. The summed E-state index contributed by atoms with van der Waals surface area (Å²) in [5.74, 6) is -0.414. The molecule has 2 aromatic rings. The summed E-state index contributed by atoms with van der Waals surface area (Å²) in [4.78, 5) is 17.7. The van der Waals surface area contributed by atoms with Gasteiger partial charge < -0.3 is 5.11 Å². The minimum absolute atomic E-state index is 0.280. The number of amides is 1. The number of carboxylic acid groups (broad SMARTS) is 1. The van der Waals surface area contributed by atoms with Gasteiger partial charge in [-0.15, -0.1) is 11.3 Å². The van der Waals surface area contributed by atoms with Crippen LogP contribution in [0, 0.1) is 5.82 Å². The van der Waals surface area contributed by atoms with E-state index in [0.717, 1.165) is 10.4 Å². The van der Waals surface area contributed by atoms with Gasteiger partial charge in [-0.05, 0) is 58.7 Å². The van der Waals surface area contributed by atoms with Gasteiger partial charge in [0.15, 0.2) is 5.13 Å². The average molecular weight is 462 g/mol. The second-order valence-electron chi connectivity index (χ2n) is 8.16. The van der Waals surface area contributed by atoms with Crippen LogP contribution in [0.3, 0.4) is 0 Å². The lowest BCUT2D eigenvalue weighted by Crippen LogP contribution is -2.45. The standard InChI is InChI=1S/C19H25ClFN3O3S2/c1-18(2,3)24(17(25)26)16-22-10-14(28-16)11-23-29(27)19(4,5)9-12-6-7-13(21)8-15(12)20/h6-8,10,23H,9,11H2,1-5H3,(H,25,26). The van der Waals surface area contributed by atoms with E-state index in [-0.39, 0.29) is 6.54 Å². The van der Waals surface area contributed by atoms with Crippen LogP contribution in [0.15, 0.2) is 24.4 Å². The Balaban J connectivity index is 2.05. The van der Waals surface area contributed by atoms with Crippen LogP contribution < -0.4 is 9.62 Å². The predicted molar refractivity (Wildman–Crippen MR) is 117 cm³/mol. The highest BCUT2D eigenvalue weighted by Gasteiger charge is 2.31. The molecule has 0 aliphatic carbocycles. The van der Waals surface area contributed by atoms with Crippen LogP contribution in [0.2, 0.25) is 5.02 Å². The van der Waals surface area contributed by atoms with Gasteiger partial charge in [0.2, 0.25) is 0 Å². The first-order chi connectivity index (χ1) is 13.3. The SMILES string of the molecule is CC(C)(C)N(C(=O)O)c1ncc(CNS(=O)C(C)(C)Cc2ccc(F)cc2Cl)s1. The number of carbonyl (C=O) groups is 1. The van der Waals surface area contributed by atoms with Crippen LogP contribution in [0.1, 0.15) is 45.1 Å². The molecule has 2 rings (SSSR count). The Morgan fingerprint density at radius 1 is 1.34 bits per heavy atom. The molecule has 1 amide bonds. The molecule has 1 aromatic heterocycles. The molecule has 0 aliphatic heterocycles. The van der Waals surface area contributed by atoms with Crippen LogP contribution >= 0.6 is 22.9 Å². The van der Waals surface area contributed by atoms with Crippen molar-refractivity contribution in [2.24, 2.45) is 0 Å². The Morgan fingerprint density at radius 3 is 2.55 bits per heavy atom. The number of nitrogens with zero attached hydrogens (tertiary/aromatic N) is 2. The monoisotopic (exact) mass is 461 g/mol. The van der Waals surface area contributed by atoms with E-state index < -0.39 is 33.2 Å². The summed E-state index contributed by atoms with van der Waals surface area (Å²) in [7, 11) is -1.43. The normalized spacial score (nSPS) is 13.3. The first kappa shape index (κ1) is 23.7. The molecule has 1 unspecified atom stereocenters. The van der Waals surface area contributed by atoms with E-state index in [4.69, 9.17) is 11.6 Å². The molecule has 0 saturated carbocycles. The minimum Gasteiger partial charge on any atom is -0.465 e. The minimum atomic E-state index is -1.43. The van der Waals surface area contributed by atoms with E-state index >= 15 is 0 Å². The van der Waals surface area contributed by atoms with Crippen molar-refractivity contribution in [1.82, 2.24) is 9.71 Å². The van der Waals surface area contributed by atoms with Crippen LogP contribution in [0.5, 0.6) is 0 Å². The van der Waals surface area contributed by atoms with Crippen LogP contribution in [-0.4, -0.2) is 30.7 Å². The second-order valence-corrected chi connectivity index (χ2v) is 11.6. The van der Waals surface area contributed by atoms with Crippen LogP contribution in [-0.2, 0) is 24.0 Å². The lowest BCUT2D eigenvalue weighted by Gasteiger charge is -2.30. The van der Waals surface area contributed by atoms with Crippen LogP contribution in [0.4, 0.5) is 14.3 Å². The van der Waals surface area contributed by atoms with E-state index in [2.05, 4.69) is 9.71 Å². The quantitative estimate of drug-likeness (QED) is 0.608. The third-order valence-corrected chi connectivity index (χ3v) is 6.99. The van der Waals surface area contributed by atoms with Gasteiger partial charge in [0, 0.05) is 28.2 Å². The molecule has 0 bridgehead atoms. The Morgan fingerprint density at radius 2 is 2.00 bits per heavy atom.